The highest BCUT2D eigenvalue weighted by Crippen LogP contribution is 2.30. The van der Waals surface area contributed by atoms with Crippen molar-refractivity contribution in [2.24, 2.45) is 5.92 Å². The zero-order valence-corrected chi connectivity index (χ0v) is 17.1. The van der Waals surface area contributed by atoms with Crippen LogP contribution in [0.1, 0.15) is 36.3 Å². The Morgan fingerprint density at radius 2 is 1.93 bits per heavy atom. The molecule has 0 radical (unpaired) electrons. The monoisotopic (exact) mass is 397 g/mol. The molecule has 29 heavy (non-hydrogen) atoms. The number of carboxylic acids is 1. The first-order chi connectivity index (χ1) is 14.2. The van der Waals surface area contributed by atoms with Gasteiger partial charge in [-0.2, -0.15) is 0 Å². The van der Waals surface area contributed by atoms with Crippen LogP contribution in [0.4, 0.5) is 0 Å². The average molecular weight is 398 g/mol. The van der Waals surface area contributed by atoms with E-state index in [1.54, 1.807) is 7.11 Å². The molecule has 2 aromatic rings. The summed E-state index contributed by atoms with van der Waals surface area (Å²) in [4.78, 5) is 13.4. The first-order valence-corrected chi connectivity index (χ1v) is 10.4. The van der Waals surface area contributed by atoms with Gasteiger partial charge in [0.25, 0.3) is 0 Å². The van der Waals surface area contributed by atoms with Gasteiger partial charge >= 0.3 is 5.97 Å². The largest absolute Gasteiger partial charge is 0.497 e. The summed E-state index contributed by atoms with van der Waals surface area (Å²) in [5.74, 6) is 0.194. The molecule has 1 aliphatic rings. The zero-order valence-electron chi connectivity index (χ0n) is 17.1. The first-order valence-electron chi connectivity index (χ1n) is 10.4. The molecule has 0 aromatic heterocycles. The fraction of sp³-hybridized carbons (Fsp3) is 0.458. The zero-order chi connectivity index (χ0) is 20.5. The van der Waals surface area contributed by atoms with Crippen molar-refractivity contribution in [3.05, 3.63) is 65.7 Å². The average Bonchev–Trinajstić information content (AvgIpc) is 2.77. The van der Waals surface area contributed by atoms with Gasteiger partial charge in [0.15, 0.2) is 0 Å². The molecule has 0 spiro atoms. The van der Waals surface area contributed by atoms with Crippen LogP contribution in [0.25, 0.3) is 0 Å². The van der Waals surface area contributed by atoms with E-state index in [4.69, 9.17) is 9.47 Å². The molecule has 0 saturated carbocycles. The van der Waals surface area contributed by atoms with Crippen LogP contribution in [-0.4, -0.2) is 55.9 Å². The Bertz CT molecular complexity index is 764. The summed E-state index contributed by atoms with van der Waals surface area (Å²) in [7, 11) is 1.69. The van der Waals surface area contributed by atoms with Crippen LogP contribution >= 0.6 is 0 Å². The molecule has 1 aliphatic heterocycles. The van der Waals surface area contributed by atoms with Gasteiger partial charge in [-0.15, -0.1) is 0 Å². The third-order valence-corrected chi connectivity index (χ3v) is 5.66. The van der Waals surface area contributed by atoms with E-state index in [-0.39, 0.29) is 11.8 Å². The van der Waals surface area contributed by atoms with Crippen molar-refractivity contribution in [2.45, 2.75) is 25.2 Å². The maximum atomic E-state index is 11.2. The number of hydrogen-bond donors (Lipinski definition) is 1. The van der Waals surface area contributed by atoms with Crippen molar-refractivity contribution in [3.8, 4) is 5.75 Å². The fourth-order valence-electron chi connectivity index (χ4n) is 4.03. The van der Waals surface area contributed by atoms with E-state index in [0.29, 0.717) is 19.8 Å². The van der Waals surface area contributed by atoms with E-state index in [1.807, 2.05) is 18.2 Å². The molecule has 1 fully saturated rings. The molecule has 5 heteroatoms. The van der Waals surface area contributed by atoms with Crippen LogP contribution in [0.3, 0.4) is 0 Å². The summed E-state index contributed by atoms with van der Waals surface area (Å²) in [5, 5.41) is 9.21. The third kappa shape index (κ3) is 6.31. The van der Waals surface area contributed by atoms with E-state index >= 15 is 0 Å². The number of hydrogen-bond acceptors (Lipinski definition) is 4. The molecular formula is C24H31NO4. The molecule has 0 aliphatic carbocycles. The molecular weight excluding hydrogens is 366 g/mol. The standard InChI is InChI=1S/C24H31NO4/c1-28-22-11-5-9-20(17-22)23(19-7-3-2-4-8-19)12-15-29-16-14-25-13-6-10-21(18-25)24(26)27/h2-5,7-9,11,17,21,23H,6,10,12-16,18H2,1H3,(H,26,27). The van der Waals surface area contributed by atoms with E-state index in [2.05, 4.69) is 41.3 Å². The minimum atomic E-state index is -0.681. The van der Waals surface area contributed by atoms with Crippen LogP contribution in [0.15, 0.2) is 54.6 Å². The minimum Gasteiger partial charge on any atom is -0.497 e. The Balaban J connectivity index is 1.52. The quantitative estimate of drug-likeness (QED) is 0.614. The van der Waals surface area contributed by atoms with Gasteiger partial charge in [0, 0.05) is 25.6 Å². The van der Waals surface area contributed by atoms with Crippen LogP contribution < -0.4 is 4.74 Å². The van der Waals surface area contributed by atoms with Crippen molar-refractivity contribution in [1.29, 1.82) is 0 Å². The Labute approximate surface area is 173 Å². The van der Waals surface area contributed by atoms with Crippen LogP contribution in [0.2, 0.25) is 0 Å². The first kappa shape index (κ1) is 21.3. The number of rotatable bonds is 10. The number of aliphatic carboxylic acids is 1. The lowest BCUT2D eigenvalue weighted by Gasteiger charge is -2.30. The number of nitrogens with zero attached hydrogens (tertiary/aromatic N) is 1. The fourth-order valence-corrected chi connectivity index (χ4v) is 4.03. The lowest BCUT2D eigenvalue weighted by atomic mass is 9.89. The lowest BCUT2D eigenvalue weighted by Crippen LogP contribution is -2.40. The van der Waals surface area contributed by atoms with E-state index in [9.17, 15) is 9.90 Å². The van der Waals surface area contributed by atoms with Gasteiger partial charge in [-0.25, -0.2) is 0 Å². The molecule has 1 saturated heterocycles. The van der Waals surface area contributed by atoms with Crippen molar-refractivity contribution >= 4 is 5.97 Å². The molecule has 5 nitrogen and oxygen atoms in total. The van der Waals surface area contributed by atoms with Gasteiger partial charge in [0.2, 0.25) is 0 Å². The summed E-state index contributed by atoms with van der Waals surface area (Å²) in [6.07, 6.45) is 2.61. The number of ether oxygens (including phenoxy) is 2. The molecule has 2 unspecified atom stereocenters. The second-order valence-corrected chi connectivity index (χ2v) is 7.62. The third-order valence-electron chi connectivity index (χ3n) is 5.66. The van der Waals surface area contributed by atoms with Crippen molar-refractivity contribution in [3.63, 3.8) is 0 Å². The maximum absolute atomic E-state index is 11.2. The van der Waals surface area contributed by atoms with Gasteiger partial charge in [0.1, 0.15) is 5.75 Å². The Morgan fingerprint density at radius 3 is 2.69 bits per heavy atom. The summed E-state index contributed by atoms with van der Waals surface area (Å²) in [6.45, 7) is 3.68. The smallest absolute Gasteiger partial charge is 0.307 e. The van der Waals surface area contributed by atoms with Gasteiger partial charge < -0.3 is 19.5 Å². The molecule has 0 bridgehead atoms. The molecule has 1 N–H and O–H groups in total. The highest BCUT2D eigenvalue weighted by Gasteiger charge is 2.24. The molecule has 1 heterocycles. The topological polar surface area (TPSA) is 59.0 Å². The summed E-state index contributed by atoms with van der Waals surface area (Å²) >= 11 is 0. The number of piperidine rings is 1. The van der Waals surface area contributed by atoms with Gasteiger partial charge in [-0.1, -0.05) is 42.5 Å². The van der Waals surface area contributed by atoms with Crippen molar-refractivity contribution in [2.75, 3.05) is 40.0 Å². The summed E-state index contributed by atoms with van der Waals surface area (Å²) in [6, 6.07) is 18.7. The van der Waals surface area contributed by atoms with Crippen LogP contribution in [0.5, 0.6) is 5.75 Å². The van der Waals surface area contributed by atoms with Crippen LogP contribution in [0, 0.1) is 5.92 Å². The second kappa shape index (κ2) is 11.0. The molecule has 0 amide bonds. The molecule has 2 atom stereocenters. The lowest BCUT2D eigenvalue weighted by molar-refractivity contribution is -0.143. The highest BCUT2D eigenvalue weighted by atomic mass is 16.5. The predicted molar refractivity (Wildman–Crippen MR) is 114 cm³/mol. The maximum Gasteiger partial charge on any atom is 0.307 e. The Kier molecular flexibility index (Phi) is 8.08. The van der Waals surface area contributed by atoms with Crippen LogP contribution in [-0.2, 0) is 9.53 Å². The SMILES string of the molecule is COc1cccc(C(CCOCCN2CCCC(C(=O)O)C2)c2ccccc2)c1. The van der Waals surface area contributed by atoms with Crippen molar-refractivity contribution < 1.29 is 19.4 Å². The summed E-state index contributed by atoms with van der Waals surface area (Å²) in [5.41, 5.74) is 2.49. The molecule has 156 valence electrons. The van der Waals surface area contributed by atoms with Crippen molar-refractivity contribution in [1.82, 2.24) is 4.90 Å². The predicted octanol–water partition coefficient (Wildman–Crippen LogP) is 4.03. The number of methoxy groups -OCH3 is 1. The number of carbonyl (C=O) groups is 1. The molecule has 2 aromatic carbocycles. The van der Waals surface area contributed by atoms with Gasteiger partial charge in [-0.3, -0.25) is 4.79 Å². The number of likely N-dealkylation sites (tertiary alicyclic amines) is 1. The van der Waals surface area contributed by atoms with E-state index in [0.717, 1.165) is 38.1 Å². The van der Waals surface area contributed by atoms with E-state index in [1.165, 1.54) is 11.1 Å². The minimum absolute atomic E-state index is 0.237. The van der Waals surface area contributed by atoms with E-state index < -0.39 is 5.97 Å². The Morgan fingerprint density at radius 1 is 1.14 bits per heavy atom. The van der Waals surface area contributed by atoms with Gasteiger partial charge in [-0.05, 0) is 49.1 Å². The Hall–Kier alpha value is -2.37. The summed E-state index contributed by atoms with van der Waals surface area (Å²) < 4.78 is 11.3. The highest BCUT2D eigenvalue weighted by molar-refractivity contribution is 5.70. The number of benzene rings is 2. The normalized spacial score (nSPS) is 18.3. The molecule has 3 rings (SSSR count). The number of carboxylic acid groups (broad SMARTS) is 1. The second-order valence-electron chi connectivity index (χ2n) is 7.62. The van der Waals surface area contributed by atoms with Gasteiger partial charge in [0.05, 0.1) is 19.6 Å².